The number of hydrogen-bond acceptors (Lipinski definition) is 4. The van der Waals surface area contributed by atoms with Crippen molar-refractivity contribution in [3.05, 3.63) is 36.2 Å². The number of amides is 1. The minimum absolute atomic E-state index is 0.161. The molecule has 1 amide bonds. The van der Waals surface area contributed by atoms with Gasteiger partial charge in [-0.25, -0.2) is 17.6 Å². The number of aliphatic carboxylic acids is 1. The Bertz CT molecular complexity index is 651. The van der Waals surface area contributed by atoms with Crippen molar-refractivity contribution in [2.45, 2.75) is 4.90 Å². The number of carbonyl (C=O) groups is 2. The highest BCUT2D eigenvalue weighted by Crippen LogP contribution is 2.19. The van der Waals surface area contributed by atoms with Gasteiger partial charge < -0.3 is 10.4 Å². The van der Waals surface area contributed by atoms with Crippen LogP contribution in [0.4, 0.5) is 10.1 Å². The van der Waals surface area contributed by atoms with Crippen LogP contribution in [0.15, 0.2) is 35.2 Å². The molecule has 0 aliphatic heterocycles. The molecule has 0 atom stereocenters. The van der Waals surface area contributed by atoms with E-state index in [4.69, 9.17) is 5.11 Å². The van der Waals surface area contributed by atoms with Crippen LogP contribution in [0.1, 0.15) is 0 Å². The molecule has 0 fully saturated rings. The minimum Gasteiger partial charge on any atom is -0.478 e. The first kappa shape index (κ1) is 14.8. The summed E-state index contributed by atoms with van der Waals surface area (Å²) in [7, 11) is -3.53. The van der Waals surface area contributed by atoms with Gasteiger partial charge in [0.25, 0.3) is 0 Å². The van der Waals surface area contributed by atoms with Crippen LogP contribution in [-0.4, -0.2) is 31.7 Å². The number of carboxylic acids is 1. The smallest absolute Gasteiger partial charge is 0.328 e. The van der Waals surface area contributed by atoms with E-state index in [1.54, 1.807) is 0 Å². The zero-order valence-corrected chi connectivity index (χ0v) is 10.6. The second-order valence-electron chi connectivity index (χ2n) is 3.57. The second-order valence-corrected chi connectivity index (χ2v) is 5.59. The molecule has 0 spiro atoms. The van der Waals surface area contributed by atoms with E-state index in [0.717, 1.165) is 24.5 Å². The lowest BCUT2D eigenvalue weighted by molar-refractivity contribution is -0.131. The largest absolute Gasteiger partial charge is 0.478 e. The van der Waals surface area contributed by atoms with E-state index in [1.165, 1.54) is 0 Å². The summed E-state index contributed by atoms with van der Waals surface area (Å²) in [6.07, 6.45) is 2.21. The lowest BCUT2D eigenvalue weighted by Gasteiger charge is -2.06. The Hall–Kier alpha value is -2.22. The standard InChI is InChI=1S/C11H10FNO5S/c1-19(17,18)7-2-3-8(12)9(6-7)13-10(14)4-5-11(15)16/h2-6H,1H3,(H,13,14)(H,15,16)/b5-4+. The first-order chi connectivity index (χ1) is 8.70. The van der Waals surface area contributed by atoms with Crippen LogP contribution in [0.5, 0.6) is 0 Å². The van der Waals surface area contributed by atoms with Gasteiger partial charge in [0, 0.05) is 18.4 Å². The molecule has 19 heavy (non-hydrogen) atoms. The lowest BCUT2D eigenvalue weighted by atomic mass is 10.3. The number of carbonyl (C=O) groups excluding carboxylic acids is 1. The number of carboxylic acid groups (broad SMARTS) is 1. The van der Waals surface area contributed by atoms with Crippen molar-refractivity contribution in [3.8, 4) is 0 Å². The summed E-state index contributed by atoms with van der Waals surface area (Å²) >= 11 is 0. The zero-order valence-electron chi connectivity index (χ0n) is 9.75. The second kappa shape index (κ2) is 5.61. The summed E-state index contributed by atoms with van der Waals surface area (Å²) in [5.41, 5.74) is -0.344. The fourth-order valence-corrected chi connectivity index (χ4v) is 1.80. The van der Waals surface area contributed by atoms with Gasteiger partial charge in [0.2, 0.25) is 5.91 Å². The van der Waals surface area contributed by atoms with Crippen molar-refractivity contribution in [1.29, 1.82) is 0 Å². The van der Waals surface area contributed by atoms with E-state index in [9.17, 15) is 22.4 Å². The third kappa shape index (κ3) is 4.51. The van der Waals surface area contributed by atoms with Crippen LogP contribution in [-0.2, 0) is 19.4 Å². The maximum Gasteiger partial charge on any atom is 0.328 e. The summed E-state index contributed by atoms with van der Waals surface area (Å²) in [6, 6.07) is 2.91. The molecule has 0 saturated carbocycles. The van der Waals surface area contributed by atoms with Crippen molar-refractivity contribution in [1.82, 2.24) is 0 Å². The first-order valence-corrected chi connectivity index (χ1v) is 6.81. The van der Waals surface area contributed by atoms with Crippen molar-refractivity contribution < 1.29 is 27.5 Å². The molecule has 0 aliphatic rings. The molecule has 0 saturated heterocycles. The van der Waals surface area contributed by atoms with Gasteiger partial charge in [-0.1, -0.05) is 0 Å². The van der Waals surface area contributed by atoms with Crippen molar-refractivity contribution >= 4 is 27.4 Å². The fourth-order valence-electron chi connectivity index (χ4n) is 1.15. The van der Waals surface area contributed by atoms with Gasteiger partial charge in [0.15, 0.2) is 9.84 Å². The van der Waals surface area contributed by atoms with Gasteiger partial charge in [-0.3, -0.25) is 4.79 Å². The van der Waals surface area contributed by atoms with Crippen molar-refractivity contribution in [2.75, 3.05) is 11.6 Å². The number of sulfone groups is 1. The van der Waals surface area contributed by atoms with Crippen LogP contribution in [0.2, 0.25) is 0 Å². The van der Waals surface area contributed by atoms with Crippen LogP contribution < -0.4 is 5.32 Å². The Morgan fingerprint density at radius 2 is 1.95 bits per heavy atom. The van der Waals surface area contributed by atoms with E-state index < -0.39 is 27.5 Å². The Morgan fingerprint density at radius 3 is 2.47 bits per heavy atom. The molecule has 0 bridgehead atoms. The fraction of sp³-hybridized carbons (Fsp3) is 0.0909. The number of nitrogens with one attached hydrogen (secondary N) is 1. The number of halogens is 1. The van der Waals surface area contributed by atoms with E-state index in [2.05, 4.69) is 0 Å². The highest BCUT2D eigenvalue weighted by molar-refractivity contribution is 7.90. The predicted molar refractivity (Wildman–Crippen MR) is 64.9 cm³/mol. The predicted octanol–water partition coefficient (Wildman–Crippen LogP) is 0.808. The van der Waals surface area contributed by atoms with Gasteiger partial charge in [0.1, 0.15) is 5.82 Å². The number of anilines is 1. The van der Waals surface area contributed by atoms with Gasteiger partial charge in [-0.15, -0.1) is 0 Å². The quantitative estimate of drug-likeness (QED) is 0.630. The Labute approximate surface area is 108 Å². The zero-order chi connectivity index (χ0) is 14.6. The topological polar surface area (TPSA) is 101 Å². The Balaban J connectivity index is 3.01. The molecular weight excluding hydrogens is 277 g/mol. The van der Waals surface area contributed by atoms with E-state index in [-0.39, 0.29) is 10.6 Å². The number of benzene rings is 1. The van der Waals surface area contributed by atoms with Crippen molar-refractivity contribution in [2.24, 2.45) is 0 Å². The average Bonchev–Trinajstić information content (AvgIpc) is 2.28. The van der Waals surface area contributed by atoms with Gasteiger partial charge in [-0.2, -0.15) is 0 Å². The maximum absolute atomic E-state index is 13.4. The summed E-state index contributed by atoms with van der Waals surface area (Å²) in [4.78, 5) is 21.3. The first-order valence-electron chi connectivity index (χ1n) is 4.92. The van der Waals surface area contributed by atoms with Gasteiger partial charge in [-0.05, 0) is 18.2 Å². The summed E-state index contributed by atoms with van der Waals surface area (Å²) < 4.78 is 35.9. The third-order valence-electron chi connectivity index (χ3n) is 2.00. The normalized spacial score (nSPS) is 11.5. The van der Waals surface area contributed by atoms with Crippen molar-refractivity contribution in [3.63, 3.8) is 0 Å². The van der Waals surface area contributed by atoms with Gasteiger partial charge >= 0.3 is 5.97 Å². The molecule has 2 N–H and O–H groups in total. The van der Waals surface area contributed by atoms with Crippen LogP contribution >= 0.6 is 0 Å². The number of hydrogen-bond donors (Lipinski definition) is 2. The van der Waals surface area contributed by atoms with Crippen LogP contribution in [0.25, 0.3) is 0 Å². The van der Waals surface area contributed by atoms with Crippen LogP contribution in [0, 0.1) is 5.82 Å². The molecule has 0 unspecified atom stereocenters. The van der Waals surface area contributed by atoms with Gasteiger partial charge in [0.05, 0.1) is 10.6 Å². The number of rotatable bonds is 4. The Morgan fingerprint density at radius 1 is 1.32 bits per heavy atom. The van der Waals surface area contributed by atoms with Crippen LogP contribution in [0.3, 0.4) is 0 Å². The minimum atomic E-state index is -3.53. The molecule has 0 aromatic heterocycles. The van der Waals surface area contributed by atoms with E-state index in [0.29, 0.717) is 12.2 Å². The molecule has 6 nitrogen and oxygen atoms in total. The molecule has 0 aliphatic carbocycles. The van der Waals surface area contributed by atoms with E-state index >= 15 is 0 Å². The van der Waals surface area contributed by atoms with E-state index in [1.807, 2.05) is 5.32 Å². The summed E-state index contributed by atoms with van der Waals surface area (Å²) in [6.45, 7) is 0. The molecule has 102 valence electrons. The lowest BCUT2D eigenvalue weighted by Crippen LogP contribution is -2.11. The highest BCUT2D eigenvalue weighted by Gasteiger charge is 2.12. The average molecular weight is 287 g/mol. The summed E-state index contributed by atoms with van der Waals surface area (Å²) in [5.74, 6) is -3.04. The highest BCUT2D eigenvalue weighted by atomic mass is 32.2. The molecule has 0 heterocycles. The molecule has 1 aromatic carbocycles. The molecule has 0 radical (unpaired) electrons. The SMILES string of the molecule is CS(=O)(=O)c1ccc(F)c(NC(=O)/C=C/C(=O)O)c1. The molecule has 1 aromatic rings. The molecular formula is C11H10FNO5S. The third-order valence-corrected chi connectivity index (χ3v) is 3.11. The molecule has 8 heteroatoms. The summed E-state index contributed by atoms with van der Waals surface area (Å²) in [5, 5.41) is 10.4. The molecule has 1 rings (SSSR count). The maximum atomic E-state index is 13.4. The Kier molecular flexibility index (Phi) is 4.38. The monoisotopic (exact) mass is 287 g/mol.